The molecule has 2 N–H and O–H groups in total. The standard InChI is InChI=1S/C11H14N4O2/c1-2-7-14(8-3-4-8)10-6-5-9(15(16)17)11(12)13-10/h2,5-6,8H,1,3-4,7H2,(H2,12,13). The Labute approximate surface area is 98.9 Å². The summed E-state index contributed by atoms with van der Waals surface area (Å²) in [6.45, 7) is 4.37. The van der Waals surface area contributed by atoms with E-state index in [0.717, 1.165) is 12.8 Å². The molecule has 0 bridgehead atoms. The van der Waals surface area contributed by atoms with Crippen LogP contribution in [0.1, 0.15) is 12.8 Å². The maximum Gasteiger partial charge on any atom is 0.311 e. The second-order valence-corrected chi connectivity index (χ2v) is 4.00. The van der Waals surface area contributed by atoms with Crippen LogP contribution in [0.25, 0.3) is 0 Å². The topological polar surface area (TPSA) is 85.3 Å². The zero-order valence-electron chi connectivity index (χ0n) is 9.37. The first-order chi connectivity index (χ1) is 8.13. The Bertz CT molecular complexity index is 457. The van der Waals surface area contributed by atoms with Crippen molar-refractivity contribution in [2.24, 2.45) is 0 Å². The van der Waals surface area contributed by atoms with Gasteiger partial charge in [0, 0.05) is 18.7 Å². The molecule has 1 heterocycles. The molecule has 6 heteroatoms. The van der Waals surface area contributed by atoms with Crippen molar-refractivity contribution in [3.05, 3.63) is 34.9 Å². The van der Waals surface area contributed by atoms with Gasteiger partial charge in [0.25, 0.3) is 0 Å². The summed E-state index contributed by atoms with van der Waals surface area (Å²) < 4.78 is 0. The monoisotopic (exact) mass is 234 g/mol. The molecule has 0 aromatic carbocycles. The highest BCUT2D eigenvalue weighted by Crippen LogP contribution is 2.32. The number of nitrogens with two attached hydrogens (primary N) is 1. The number of nitrogens with zero attached hydrogens (tertiary/aromatic N) is 3. The van der Waals surface area contributed by atoms with Crippen molar-refractivity contribution >= 4 is 17.3 Å². The Morgan fingerprint density at radius 3 is 2.82 bits per heavy atom. The molecule has 0 amide bonds. The first-order valence-corrected chi connectivity index (χ1v) is 5.42. The molecule has 1 aliphatic carbocycles. The van der Waals surface area contributed by atoms with Crippen molar-refractivity contribution < 1.29 is 4.92 Å². The van der Waals surface area contributed by atoms with E-state index in [9.17, 15) is 10.1 Å². The fraction of sp³-hybridized carbons (Fsp3) is 0.364. The van der Waals surface area contributed by atoms with Crippen LogP contribution in [-0.2, 0) is 0 Å². The Balaban J connectivity index is 2.28. The second kappa shape index (κ2) is 4.40. The van der Waals surface area contributed by atoms with Gasteiger partial charge < -0.3 is 10.6 Å². The highest BCUT2D eigenvalue weighted by molar-refractivity contribution is 5.58. The maximum atomic E-state index is 10.6. The van der Waals surface area contributed by atoms with Crippen molar-refractivity contribution in [2.75, 3.05) is 17.2 Å². The van der Waals surface area contributed by atoms with E-state index in [1.807, 2.05) is 0 Å². The van der Waals surface area contributed by atoms with E-state index in [4.69, 9.17) is 5.73 Å². The van der Waals surface area contributed by atoms with E-state index >= 15 is 0 Å². The minimum Gasteiger partial charge on any atom is -0.378 e. The zero-order chi connectivity index (χ0) is 12.4. The number of aromatic nitrogens is 1. The van der Waals surface area contributed by atoms with Crippen molar-refractivity contribution in [2.45, 2.75) is 18.9 Å². The number of pyridine rings is 1. The third-order valence-electron chi connectivity index (χ3n) is 2.69. The number of rotatable bonds is 5. The van der Waals surface area contributed by atoms with Gasteiger partial charge in [-0.2, -0.15) is 0 Å². The second-order valence-electron chi connectivity index (χ2n) is 4.00. The molecule has 1 saturated carbocycles. The van der Waals surface area contributed by atoms with Crippen LogP contribution in [0.4, 0.5) is 17.3 Å². The minimum absolute atomic E-state index is 0.0396. The summed E-state index contributed by atoms with van der Waals surface area (Å²) in [5, 5.41) is 10.6. The van der Waals surface area contributed by atoms with Gasteiger partial charge in [0.1, 0.15) is 5.82 Å². The predicted molar refractivity (Wildman–Crippen MR) is 65.9 cm³/mol. The molecule has 90 valence electrons. The number of hydrogen-bond acceptors (Lipinski definition) is 5. The van der Waals surface area contributed by atoms with Crippen molar-refractivity contribution in [1.82, 2.24) is 4.98 Å². The van der Waals surface area contributed by atoms with Gasteiger partial charge in [-0.3, -0.25) is 10.1 Å². The predicted octanol–water partition coefficient (Wildman–Crippen LogP) is 1.73. The molecular weight excluding hydrogens is 220 g/mol. The summed E-state index contributed by atoms with van der Waals surface area (Å²) in [4.78, 5) is 16.3. The Kier molecular flexibility index (Phi) is 2.95. The fourth-order valence-electron chi connectivity index (χ4n) is 1.73. The third-order valence-corrected chi connectivity index (χ3v) is 2.69. The highest BCUT2D eigenvalue weighted by atomic mass is 16.6. The van der Waals surface area contributed by atoms with Crippen molar-refractivity contribution in [1.29, 1.82) is 0 Å². The fourth-order valence-corrected chi connectivity index (χ4v) is 1.73. The zero-order valence-corrected chi connectivity index (χ0v) is 9.37. The van der Waals surface area contributed by atoms with Crippen molar-refractivity contribution in [3.8, 4) is 0 Å². The normalized spacial score (nSPS) is 14.4. The molecule has 6 nitrogen and oxygen atoms in total. The van der Waals surface area contributed by atoms with Crippen LogP contribution in [0.3, 0.4) is 0 Å². The van der Waals surface area contributed by atoms with Crippen LogP contribution in [0, 0.1) is 10.1 Å². The molecule has 1 aliphatic rings. The van der Waals surface area contributed by atoms with Gasteiger partial charge in [-0.1, -0.05) is 6.08 Å². The Morgan fingerprint density at radius 2 is 2.35 bits per heavy atom. The summed E-state index contributed by atoms with van der Waals surface area (Å²) in [7, 11) is 0. The Morgan fingerprint density at radius 1 is 1.65 bits per heavy atom. The highest BCUT2D eigenvalue weighted by Gasteiger charge is 2.29. The number of nitrogen functional groups attached to an aromatic ring is 1. The quantitative estimate of drug-likeness (QED) is 0.476. The lowest BCUT2D eigenvalue weighted by Gasteiger charge is -2.21. The molecule has 1 aromatic rings. The van der Waals surface area contributed by atoms with Gasteiger partial charge in [-0.15, -0.1) is 6.58 Å². The molecular formula is C11H14N4O2. The molecule has 17 heavy (non-hydrogen) atoms. The van der Waals surface area contributed by atoms with Gasteiger partial charge in [0.15, 0.2) is 0 Å². The summed E-state index contributed by atoms with van der Waals surface area (Å²) in [5.41, 5.74) is 5.42. The molecule has 1 aromatic heterocycles. The van der Waals surface area contributed by atoms with Crippen LogP contribution in [-0.4, -0.2) is 22.5 Å². The van der Waals surface area contributed by atoms with E-state index in [0.29, 0.717) is 18.4 Å². The molecule has 1 fully saturated rings. The molecule has 0 aliphatic heterocycles. The molecule has 0 radical (unpaired) electrons. The smallest absolute Gasteiger partial charge is 0.311 e. The average molecular weight is 234 g/mol. The van der Waals surface area contributed by atoms with Crippen LogP contribution in [0.2, 0.25) is 0 Å². The lowest BCUT2D eigenvalue weighted by molar-refractivity contribution is -0.384. The largest absolute Gasteiger partial charge is 0.378 e. The van der Waals surface area contributed by atoms with E-state index in [2.05, 4.69) is 16.5 Å². The summed E-state index contributed by atoms with van der Waals surface area (Å²) in [5.74, 6) is 0.637. The van der Waals surface area contributed by atoms with Crippen LogP contribution in [0.5, 0.6) is 0 Å². The lowest BCUT2D eigenvalue weighted by atomic mass is 10.3. The minimum atomic E-state index is -0.527. The Hall–Kier alpha value is -2.11. The molecule has 0 unspecified atom stereocenters. The van der Waals surface area contributed by atoms with Gasteiger partial charge in [-0.05, 0) is 18.9 Å². The van der Waals surface area contributed by atoms with E-state index in [1.54, 1.807) is 12.1 Å². The van der Waals surface area contributed by atoms with E-state index in [1.165, 1.54) is 6.07 Å². The molecule has 2 rings (SSSR count). The molecule has 0 spiro atoms. The first-order valence-electron chi connectivity index (χ1n) is 5.42. The summed E-state index contributed by atoms with van der Waals surface area (Å²) in [6, 6.07) is 3.49. The maximum absolute atomic E-state index is 10.6. The molecule has 0 saturated heterocycles. The SMILES string of the molecule is C=CCN(c1ccc([N+](=O)[O-])c(N)n1)C1CC1. The van der Waals surface area contributed by atoms with Crippen LogP contribution in [0.15, 0.2) is 24.8 Å². The lowest BCUT2D eigenvalue weighted by Crippen LogP contribution is -2.26. The number of nitro groups is 1. The average Bonchev–Trinajstić information content (AvgIpc) is 3.09. The number of anilines is 2. The van der Waals surface area contributed by atoms with E-state index < -0.39 is 4.92 Å². The summed E-state index contributed by atoms with van der Waals surface area (Å²) in [6.07, 6.45) is 4.02. The van der Waals surface area contributed by atoms with Gasteiger partial charge in [0.05, 0.1) is 4.92 Å². The van der Waals surface area contributed by atoms with Gasteiger partial charge in [0.2, 0.25) is 5.82 Å². The van der Waals surface area contributed by atoms with Crippen LogP contribution < -0.4 is 10.6 Å². The third kappa shape index (κ3) is 2.35. The number of hydrogen-bond donors (Lipinski definition) is 1. The van der Waals surface area contributed by atoms with Gasteiger partial charge >= 0.3 is 5.69 Å². The van der Waals surface area contributed by atoms with E-state index in [-0.39, 0.29) is 11.5 Å². The van der Waals surface area contributed by atoms with Crippen LogP contribution >= 0.6 is 0 Å². The summed E-state index contributed by atoms with van der Waals surface area (Å²) >= 11 is 0. The first kappa shape index (κ1) is 11.4. The van der Waals surface area contributed by atoms with Gasteiger partial charge in [-0.25, -0.2) is 4.98 Å². The van der Waals surface area contributed by atoms with Crippen molar-refractivity contribution in [3.63, 3.8) is 0 Å². The molecule has 0 atom stereocenters.